The molecule has 0 bridgehead atoms. The van der Waals surface area contributed by atoms with Crippen molar-refractivity contribution in [2.24, 2.45) is 0 Å². The van der Waals surface area contributed by atoms with Crippen molar-refractivity contribution in [3.8, 4) is 0 Å². The second-order valence-electron chi connectivity index (χ2n) is 5.79. The van der Waals surface area contributed by atoms with E-state index in [0.717, 1.165) is 24.8 Å². The number of aliphatic hydroxyl groups is 1. The molecule has 20 heavy (non-hydrogen) atoms. The Kier molecular flexibility index (Phi) is 5.11. The second kappa shape index (κ2) is 6.64. The quantitative estimate of drug-likeness (QED) is 0.876. The molecule has 2 atom stereocenters. The Labute approximate surface area is 125 Å². The van der Waals surface area contributed by atoms with Crippen LogP contribution in [0.4, 0.5) is 0 Å². The summed E-state index contributed by atoms with van der Waals surface area (Å²) in [6, 6.07) is 8.19. The first kappa shape index (κ1) is 15.4. The van der Waals surface area contributed by atoms with Crippen LogP contribution in [0.2, 0.25) is 0 Å². The van der Waals surface area contributed by atoms with Crippen molar-refractivity contribution in [2.75, 3.05) is 18.6 Å². The molecule has 2 rings (SSSR count). The van der Waals surface area contributed by atoms with Crippen molar-refractivity contribution in [1.29, 1.82) is 0 Å². The summed E-state index contributed by atoms with van der Waals surface area (Å²) in [4.78, 5) is 12.4. The van der Waals surface area contributed by atoms with Crippen LogP contribution in [-0.4, -0.2) is 35.2 Å². The van der Waals surface area contributed by atoms with Crippen molar-refractivity contribution in [1.82, 2.24) is 5.32 Å². The van der Waals surface area contributed by atoms with Crippen LogP contribution < -0.4 is 5.32 Å². The van der Waals surface area contributed by atoms with Crippen LogP contribution in [0.25, 0.3) is 0 Å². The summed E-state index contributed by atoms with van der Waals surface area (Å²) in [7, 11) is 0. The van der Waals surface area contributed by atoms with Crippen molar-refractivity contribution < 1.29 is 9.90 Å². The summed E-state index contributed by atoms with van der Waals surface area (Å²) < 4.78 is 0. The van der Waals surface area contributed by atoms with E-state index in [1.54, 1.807) is 18.7 Å². The summed E-state index contributed by atoms with van der Waals surface area (Å²) in [5, 5.41) is 13.0. The fraction of sp³-hybridized carbons (Fsp3) is 0.562. The van der Waals surface area contributed by atoms with Crippen molar-refractivity contribution in [2.45, 2.75) is 37.7 Å². The second-order valence-corrected chi connectivity index (χ2v) is 6.66. The van der Waals surface area contributed by atoms with Gasteiger partial charge in [0, 0.05) is 12.3 Å². The molecule has 3 nitrogen and oxygen atoms in total. The van der Waals surface area contributed by atoms with Gasteiger partial charge in [-0.2, -0.15) is 11.8 Å². The predicted molar refractivity (Wildman–Crippen MR) is 84.1 cm³/mol. The monoisotopic (exact) mass is 293 g/mol. The minimum Gasteiger partial charge on any atom is -0.387 e. The number of carbonyl (C=O) groups is 1. The maximum absolute atomic E-state index is 12.4. The Hall–Kier alpha value is -1.00. The highest BCUT2D eigenvalue weighted by Gasteiger charge is 2.28. The topological polar surface area (TPSA) is 49.3 Å². The van der Waals surface area contributed by atoms with Gasteiger partial charge in [0.15, 0.2) is 0 Å². The molecular formula is C16H23NO2S. The Balaban J connectivity index is 2.01. The van der Waals surface area contributed by atoms with Crippen LogP contribution in [0.5, 0.6) is 0 Å². The van der Waals surface area contributed by atoms with E-state index in [2.05, 4.69) is 17.4 Å². The van der Waals surface area contributed by atoms with E-state index in [9.17, 15) is 9.90 Å². The van der Waals surface area contributed by atoms with Crippen LogP contribution >= 0.6 is 11.8 Å². The van der Waals surface area contributed by atoms with Gasteiger partial charge >= 0.3 is 0 Å². The molecule has 0 saturated heterocycles. The van der Waals surface area contributed by atoms with Gasteiger partial charge in [0.05, 0.1) is 11.5 Å². The van der Waals surface area contributed by atoms with E-state index in [4.69, 9.17) is 0 Å². The first-order chi connectivity index (χ1) is 9.53. The van der Waals surface area contributed by atoms with Gasteiger partial charge in [-0.1, -0.05) is 24.3 Å². The Morgan fingerprint density at radius 3 is 3.00 bits per heavy atom. The van der Waals surface area contributed by atoms with E-state index >= 15 is 0 Å². The molecule has 0 fully saturated rings. The van der Waals surface area contributed by atoms with Gasteiger partial charge in [0.25, 0.3) is 0 Å². The summed E-state index contributed by atoms with van der Waals surface area (Å²) in [6.45, 7) is 2.07. The number of benzene rings is 1. The van der Waals surface area contributed by atoms with Crippen LogP contribution in [0.15, 0.2) is 24.3 Å². The van der Waals surface area contributed by atoms with Crippen molar-refractivity contribution >= 4 is 17.7 Å². The van der Waals surface area contributed by atoms with Gasteiger partial charge in [-0.15, -0.1) is 0 Å². The summed E-state index contributed by atoms with van der Waals surface area (Å²) in [5.41, 5.74) is 1.60. The number of hydrogen-bond donors (Lipinski definition) is 2. The Morgan fingerprint density at radius 1 is 1.50 bits per heavy atom. The molecule has 4 heteroatoms. The fourth-order valence-electron chi connectivity index (χ4n) is 2.79. The lowest BCUT2D eigenvalue weighted by molar-refractivity contribution is -0.123. The summed E-state index contributed by atoms with van der Waals surface area (Å²) >= 11 is 1.58. The minimum atomic E-state index is -0.844. The largest absolute Gasteiger partial charge is 0.387 e. The van der Waals surface area contributed by atoms with Crippen LogP contribution in [0, 0.1) is 0 Å². The smallest absolute Gasteiger partial charge is 0.227 e. The molecule has 0 unspecified atom stereocenters. The Bertz CT molecular complexity index is 473. The number of rotatable bonds is 5. The SMILES string of the molecule is CSC[C@](C)(O)CNC(=O)[C@@H]1CCCc2ccccc21. The van der Waals surface area contributed by atoms with Gasteiger partial charge in [-0.05, 0) is 43.6 Å². The van der Waals surface area contributed by atoms with Gasteiger partial charge in [0.1, 0.15) is 0 Å². The molecule has 0 heterocycles. The van der Waals surface area contributed by atoms with Crippen LogP contribution in [0.3, 0.4) is 0 Å². The van der Waals surface area contributed by atoms with Gasteiger partial charge in [-0.25, -0.2) is 0 Å². The maximum atomic E-state index is 12.4. The zero-order chi connectivity index (χ0) is 14.6. The average molecular weight is 293 g/mol. The number of amides is 1. The van der Waals surface area contributed by atoms with E-state index < -0.39 is 5.60 Å². The van der Waals surface area contributed by atoms with E-state index in [-0.39, 0.29) is 11.8 Å². The molecule has 2 N–H and O–H groups in total. The van der Waals surface area contributed by atoms with Gasteiger partial charge in [0.2, 0.25) is 5.91 Å². The first-order valence-corrected chi connectivity index (χ1v) is 8.50. The number of hydrogen-bond acceptors (Lipinski definition) is 3. The van der Waals surface area contributed by atoms with E-state index in [0.29, 0.717) is 12.3 Å². The number of nitrogens with one attached hydrogen (secondary N) is 1. The predicted octanol–water partition coefficient (Wildman–Crippen LogP) is 2.34. The molecule has 0 radical (unpaired) electrons. The normalized spacial score (nSPS) is 20.9. The zero-order valence-corrected chi connectivity index (χ0v) is 13.0. The average Bonchev–Trinajstić information content (AvgIpc) is 2.44. The molecular weight excluding hydrogens is 270 g/mol. The number of aryl methyl sites for hydroxylation is 1. The highest BCUT2D eigenvalue weighted by Crippen LogP contribution is 2.31. The van der Waals surface area contributed by atoms with Crippen LogP contribution in [-0.2, 0) is 11.2 Å². The molecule has 1 aliphatic carbocycles. The third-order valence-corrected chi connectivity index (χ3v) is 4.70. The van der Waals surface area contributed by atoms with Crippen LogP contribution in [0.1, 0.15) is 36.8 Å². The third-order valence-electron chi connectivity index (χ3n) is 3.78. The molecule has 0 saturated carbocycles. The van der Waals surface area contributed by atoms with Gasteiger partial charge in [-0.3, -0.25) is 4.79 Å². The molecule has 1 aromatic carbocycles. The molecule has 110 valence electrons. The lowest BCUT2D eigenvalue weighted by Gasteiger charge is -2.27. The van der Waals surface area contributed by atoms with Crippen molar-refractivity contribution in [3.05, 3.63) is 35.4 Å². The third kappa shape index (κ3) is 3.76. The lowest BCUT2D eigenvalue weighted by atomic mass is 9.82. The number of thioether (sulfide) groups is 1. The fourth-order valence-corrected chi connectivity index (χ4v) is 3.51. The van der Waals surface area contributed by atoms with E-state index in [1.807, 2.05) is 18.4 Å². The highest BCUT2D eigenvalue weighted by molar-refractivity contribution is 7.98. The van der Waals surface area contributed by atoms with Crippen molar-refractivity contribution in [3.63, 3.8) is 0 Å². The number of fused-ring (bicyclic) bond motifs is 1. The highest BCUT2D eigenvalue weighted by atomic mass is 32.2. The summed E-state index contributed by atoms with van der Waals surface area (Å²) in [5.74, 6) is 0.595. The molecule has 0 spiro atoms. The minimum absolute atomic E-state index is 0.0403. The zero-order valence-electron chi connectivity index (χ0n) is 12.2. The Morgan fingerprint density at radius 2 is 2.25 bits per heavy atom. The first-order valence-electron chi connectivity index (χ1n) is 7.10. The number of carbonyl (C=O) groups excluding carboxylic acids is 1. The standard InChI is InChI=1S/C16H23NO2S/c1-16(19,11-20-2)10-17-15(18)14-9-5-7-12-6-3-4-8-13(12)14/h3-4,6,8,14,19H,5,7,9-11H2,1-2H3,(H,17,18)/t14-,16-/m1/s1. The maximum Gasteiger partial charge on any atom is 0.227 e. The lowest BCUT2D eigenvalue weighted by Crippen LogP contribution is -2.44. The molecule has 1 aromatic rings. The molecule has 0 aliphatic heterocycles. The molecule has 1 amide bonds. The van der Waals surface area contributed by atoms with E-state index in [1.165, 1.54) is 5.56 Å². The molecule has 0 aromatic heterocycles. The summed E-state index contributed by atoms with van der Waals surface area (Å²) in [6.07, 6.45) is 4.96. The molecule has 1 aliphatic rings. The van der Waals surface area contributed by atoms with Gasteiger partial charge < -0.3 is 10.4 Å².